The van der Waals surface area contributed by atoms with E-state index < -0.39 is 0 Å². The summed E-state index contributed by atoms with van der Waals surface area (Å²) >= 11 is 0. The summed E-state index contributed by atoms with van der Waals surface area (Å²) in [4.78, 5) is 7.36. The molecule has 0 aliphatic rings. The van der Waals surface area contributed by atoms with Crippen LogP contribution in [-0.4, -0.2) is 9.97 Å². The number of hydrogen-bond donors (Lipinski definition) is 2. The van der Waals surface area contributed by atoms with Gasteiger partial charge in [-0.25, -0.2) is 4.98 Å². The summed E-state index contributed by atoms with van der Waals surface area (Å²) in [6.07, 6.45) is 3.55. The van der Waals surface area contributed by atoms with Crippen molar-refractivity contribution in [1.82, 2.24) is 9.97 Å². The number of aromatic amines is 1. The molecule has 20 heavy (non-hydrogen) atoms. The van der Waals surface area contributed by atoms with Crippen LogP contribution >= 0.6 is 0 Å². The first-order chi connectivity index (χ1) is 9.79. The lowest BCUT2D eigenvalue weighted by atomic mass is 10.0. The summed E-state index contributed by atoms with van der Waals surface area (Å²) in [5, 5.41) is 14.6. The molecule has 1 heterocycles. The lowest BCUT2D eigenvalue weighted by Crippen LogP contribution is -2.08. The van der Waals surface area contributed by atoms with Crippen molar-refractivity contribution in [3.05, 3.63) is 60.2 Å². The van der Waals surface area contributed by atoms with Gasteiger partial charge in [0.25, 0.3) is 0 Å². The van der Waals surface area contributed by atoms with Crippen molar-refractivity contribution in [1.29, 1.82) is 5.26 Å². The highest BCUT2D eigenvalue weighted by atomic mass is 15.0. The van der Waals surface area contributed by atoms with E-state index in [0.717, 1.165) is 22.3 Å². The minimum Gasteiger partial charge on any atom is -0.375 e. The maximum atomic E-state index is 9.17. The molecule has 0 radical (unpaired) electrons. The first-order valence-electron chi connectivity index (χ1n) is 6.47. The Hall–Kier alpha value is -2.80. The lowest BCUT2D eigenvalue weighted by molar-refractivity contribution is 0.811. The number of aromatic nitrogens is 2. The third-order valence-electron chi connectivity index (χ3n) is 3.35. The molecule has 1 unspecified atom stereocenters. The highest BCUT2D eigenvalue weighted by Crippen LogP contribution is 2.28. The molecule has 0 aliphatic heterocycles. The van der Waals surface area contributed by atoms with E-state index in [9.17, 15) is 5.26 Å². The number of rotatable bonds is 3. The van der Waals surface area contributed by atoms with E-state index in [2.05, 4.69) is 21.4 Å². The fraction of sp³-hybridized carbons (Fsp3) is 0.125. The Morgan fingerprint density at radius 1 is 1.20 bits per heavy atom. The first kappa shape index (κ1) is 12.2. The Labute approximate surface area is 117 Å². The SMILES string of the molecule is CC(Nc1ccc(C#N)c2ccccc12)c1ncc[nH]1. The van der Waals surface area contributed by atoms with E-state index in [-0.39, 0.29) is 6.04 Å². The molecular formula is C16H14N4. The van der Waals surface area contributed by atoms with Gasteiger partial charge in [0.05, 0.1) is 17.7 Å². The van der Waals surface area contributed by atoms with Gasteiger partial charge in [0, 0.05) is 28.9 Å². The molecule has 4 heteroatoms. The van der Waals surface area contributed by atoms with Gasteiger partial charge in [-0.05, 0) is 19.1 Å². The topological polar surface area (TPSA) is 64.5 Å². The number of H-pyrrole nitrogens is 1. The van der Waals surface area contributed by atoms with Crippen molar-refractivity contribution in [3.8, 4) is 6.07 Å². The first-order valence-corrected chi connectivity index (χ1v) is 6.47. The van der Waals surface area contributed by atoms with Crippen LogP contribution in [0.15, 0.2) is 48.8 Å². The van der Waals surface area contributed by atoms with Crippen LogP contribution in [0.5, 0.6) is 0 Å². The van der Waals surface area contributed by atoms with Crippen LogP contribution in [-0.2, 0) is 0 Å². The molecule has 0 aliphatic carbocycles. The molecule has 2 N–H and O–H groups in total. The van der Waals surface area contributed by atoms with Gasteiger partial charge in [0.2, 0.25) is 0 Å². The van der Waals surface area contributed by atoms with Crippen LogP contribution in [0.3, 0.4) is 0 Å². The molecule has 98 valence electrons. The predicted octanol–water partition coefficient (Wildman–Crippen LogP) is 3.61. The second-order valence-electron chi connectivity index (χ2n) is 4.66. The summed E-state index contributed by atoms with van der Waals surface area (Å²) in [5.41, 5.74) is 1.69. The summed E-state index contributed by atoms with van der Waals surface area (Å²) in [6.45, 7) is 2.05. The summed E-state index contributed by atoms with van der Waals surface area (Å²) in [6, 6.07) is 14.0. The average Bonchev–Trinajstić information content (AvgIpc) is 3.02. The fourth-order valence-corrected chi connectivity index (χ4v) is 2.34. The molecule has 0 bridgehead atoms. The van der Waals surface area contributed by atoms with E-state index in [1.54, 1.807) is 6.20 Å². The zero-order chi connectivity index (χ0) is 13.9. The molecule has 1 aromatic heterocycles. The van der Waals surface area contributed by atoms with Crippen molar-refractivity contribution >= 4 is 16.5 Å². The molecule has 0 saturated carbocycles. The smallest absolute Gasteiger partial charge is 0.128 e. The van der Waals surface area contributed by atoms with Gasteiger partial charge in [0.15, 0.2) is 0 Å². The number of imidazole rings is 1. The fourth-order valence-electron chi connectivity index (χ4n) is 2.34. The molecule has 4 nitrogen and oxygen atoms in total. The predicted molar refractivity (Wildman–Crippen MR) is 79.3 cm³/mol. The molecule has 0 amide bonds. The summed E-state index contributed by atoms with van der Waals surface area (Å²) in [5.74, 6) is 0.887. The lowest BCUT2D eigenvalue weighted by Gasteiger charge is -2.15. The molecular weight excluding hydrogens is 248 g/mol. The Morgan fingerprint density at radius 2 is 2.00 bits per heavy atom. The molecule has 0 fully saturated rings. The minimum atomic E-state index is 0.0707. The highest BCUT2D eigenvalue weighted by Gasteiger charge is 2.10. The molecule has 0 spiro atoms. The third kappa shape index (κ3) is 2.10. The van der Waals surface area contributed by atoms with Crippen LogP contribution in [0.2, 0.25) is 0 Å². The van der Waals surface area contributed by atoms with Crippen molar-refractivity contribution in [2.75, 3.05) is 5.32 Å². The number of nitrogens with one attached hydrogen (secondary N) is 2. The largest absolute Gasteiger partial charge is 0.375 e. The monoisotopic (exact) mass is 262 g/mol. The zero-order valence-electron chi connectivity index (χ0n) is 11.1. The van der Waals surface area contributed by atoms with Gasteiger partial charge >= 0.3 is 0 Å². The zero-order valence-corrected chi connectivity index (χ0v) is 11.1. The van der Waals surface area contributed by atoms with Crippen LogP contribution in [0.25, 0.3) is 10.8 Å². The van der Waals surface area contributed by atoms with Crippen LogP contribution in [0.4, 0.5) is 5.69 Å². The van der Waals surface area contributed by atoms with Gasteiger partial charge in [0.1, 0.15) is 5.82 Å². The maximum absolute atomic E-state index is 9.17. The second-order valence-corrected chi connectivity index (χ2v) is 4.66. The van der Waals surface area contributed by atoms with E-state index in [1.807, 2.05) is 49.5 Å². The van der Waals surface area contributed by atoms with E-state index in [1.165, 1.54) is 0 Å². The van der Waals surface area contributed by atoms with E-state index in [4.69, 9.17) is 0 Å². The standard InChI is InChI=1S/C16H14N4/c1-11(16-18-8-9-19-16)20-15-7-6-12(10-17)13-4-2-3-5-14(13)15/h2-9,11,20H,1H3,(H,18,19). The van der Waals surface area contributed by atoms with Crippen LogP contribution in [0.1, 0.15) is 24.4 Å². The van der Waals surface area contributed by atoms with Crippen molar-refractivity contribution in [2.45, 2.75) is 13.0 Å². The summed E-state index contributed by atoms with van der Waals surface area (Å²) < 4.78 is 0. The third-order valence-corrected chi connectivity index (χ3v) is 3.35. The molecule has 3 rings (SSSR count). The maximum Gasteiger partial charge on any atom is 0.128 e. The van der Waals surface area contributed by atoms with Gasteiger partial charge in [-0.2, -0.15) is 5.26 Å². The van der Waals surface area contributed by atoms with E-state index in [0.29, 0.717) is 5.56 Å². The van der Waals surface area contributed by atoms with Gasteiger partial charge in [-0.1, -0.05) is 24.3 Å². The van der Waals surface area contributed by atoms with Crippen LogP contribution < -0.4 is 5.32 Å². The number of fused-ring (bicyclic) bond motifs is 1. The average molecular weight is 262 g/mol. The molecule has 2 aromatic carbocycles. The van der Waals surface area contributed by atoms with Crippen LogP contribution in [0, 0.1) is 11.3 Å². The Bertz CT molecular complexity index is 769. The minimum absolute atomic E-state index is 0.0707. The van der Waals surface area contributed by atoms with Gasteiger partial charge in [-0.15, -0.1) is 0 Å². The van der Waals surface area contributed by atoms with E-state index >= 15 is 0 Å². The Morgan fingerprint density at radius 3 is 2.70 bits per heavy atom. The number of nitrogens with zero attached hydrogens (tertiary/aromatic N) is 2. The second kappa shape index (κ2) is 5.06. The number of anilines is 1. The van der Waals surface area contributed by atoms with Gasteiger partial charge in [-0.3, -0.25) is 0 Å². The quantitative estimate of drug-likeness (QED) is 0.757. The number of hydrogen-bond acceptors (Lipinski definition) is 3. The van der Waals surface area contributed by atoms with Crippen molar-refractivity contribution in [2.24, 2.45) is 0 Å². The summed E-state index contributed by atoms with van der Waals surface area (Å²) in [7, 11) is 0. The number of benzene rings is 2. The molecule has 1 atom stereocenters. The number of nitriles is 1. The Balaban J connectivity index is 2.03. The highest BCUT2D eigenvalue weighted by molar-refractivity contribution is 5.97. The normalized spacial score (nSPS) is 12.0. The van der Waals surface area contributed by atoms with Crippen molar-refractivity contribution < 1.29 is 0 Å². The van der Waals surface area contributed by atoms with Crippen molar-refractivity contribution in [3.63, 3.8) is 0 Å². The van der Waals surface area contributed by atoms with Gasteiger partial charge < -0.3 is 10.3 Å². The molecule has 0 saturated heterocycles. The Kier molecular flexibility index (Phi) is 3.10. The molecule has 3 aromatic rings.